The fourth-order valence-corrected chi connectivity index (χ4v) is 29.0. The highest BCUT2D eigenvalue weighted by Crippen LogP contribution is 2.59. The Kier molecular flexibility index (Phi) is 116. The summed E-state index contributed by atoms with van der Waals surface area (Å²) in [5.74, 6) is 7.43. The van der Waals surface area contributed by atoms with E-state index < -0.39 is 0 Å². The lowest BCUT2D eigenvalue weighted by atomic mass is 9.62. The molecule has 0 heteroatoms. The Morgan fingerprint density at radius 3 is 0.453 bits per heavy atom. The average molecular weight is 2100 g/mol. The molecule has 0 heterocycles. The minimum Gasteiger partial charge on any atom is -0.0817 e. The second-order valence-electron chi connectivity index (χ2n) is 53.9. The molecule has 0 aliphatic heterocycles. The van der Waals surface area contributed by atoms with Crippen LogP contribution >= 0.6 is 0 Å². The summed E-state index contributed by atoms with van der Waals surface area (Å²) in [5.41, 5.74) is 4.92. The summed E-state index contributed by atoms with van der Waals surface area (Å²) in [4.78, 5) is 0. The van der Waals surface area contributed by atoms with Crippen molar-refractivity contribution in [2.45, 2.75) is 880 Å². The molecule has 0 saturated carbocycles. The van der Waals surface area contributed by atoms with E-state index >= 15 is 0 Å². The molecular formula is C150H296. The fraction of sp³-hybridized carbons (Fsp3) is 0.973. The molecule has 0 aromatic rings. The predicted octanol–water partition coefficient (Wildman–Crippen LogP) is 56.6. The number of rotatable bonds is 126. The van der Waals surface area contributed by atoms with Gasteiger partial charge in [-0.1, -0.05) is 839 Å². The van der Waals surface area contributed by atoms with E-state index in [-0.39, 0.29) is 0 Å². The topological polar surface area (TPSA) is 0 Å². The van der Waals surface area contributed by atoms with E-state index in [9.17, 15) is 0 Å². The molecule has 0 N–H and O–H groups in total. The third-order valence-electron chi connectivity index (χ3n) is 38.7. The van der Waals surface area contributed by atoms with Gasteiger partial charge in [0, 0.05) is 0 Å². The van der Waals surface area contributed by atoms with Crippen LogP contribution in [-0.2, 0) is 0 Å². The smallest absolute Gasteiger partial charge is 0.0104 e. The summed E-state index contributed by atoms with van der Waals surface area (Å²) in [5, 5.41) is 0. The Morgan fingerprint density at radius 1 is 0.160 bits per heavy atom. The molecule has 0 spiro atoms. The van der Waals surface area contributed by atoms with Gasteiger partial charge in [0.25, 0.3) is 0 Å². The normalized spacial score (nSPS) is 16.8. The SMILES string of the molecule is CCCCCCCCCCC(CCCCCCCC)CC1(CC(CCCCCCCC)CCCCCCCCCC)C=CC(CC(CCCCCCCC)CCCCCCCCCC)(CC(CCCCCCCC)CCCCCCCCCC)C1.CCCCCCCCCCC(CCCCCCCC)CC1=C(CC(CCCCCCCC)CCCCCCCCCC)C(CC(CCCCCCCC)CCCCCCCCCC)CC1. The largest absolute Gasteiger partial charge is 0.0817 e. The van der Waals surface area contributed by atoms with Crippen LogP contribution in [0.1, 0.15) is 880 Å². The second-order valence-corrected chi connectivity index (χ2v) is 53.9. The van der Waals surface area contributed by atoms with Crippen LogP contribution in [0.5, 0.6) is 0 Å². The van der Waals surface area contributed by atoms with Gasteiger partial charge in [0.1, 0.15) is 0 Å². The first-order valence-corrected chi connectivity index (χ1v) is 73.4. The molecule has 2 aliphatic carbocycles. The van der Waals surface area contributed by atoms with Crippen molar-refractivity contribution in [2.24, 2.45) is 58.2 Å². The molecule has 0 bridgehead atoms. The first-order chi connectivity index (χ1) is 74.0. The third-order valence-corrected chi connectivity index (χ3v) is 38.7. The number of hydrogen-bond acceptors (Lipinski definition) is 0. The van der Waals surface area contributed by atoms with Gasteiger partial charge in [0.15, 0.2) is 0 Å². The van der Waals surface area contributed by atoms with Gasteiger partial charge in [-0.3, -0.25) is 0 Å². The molecule has 0 radical (unpaired) electrons. The Hall–Kier alpha value is -0.520. The van der Waals surface area contributed by atoms with E-state index in [1.807, 2.05) is 5.57 Å². The van der Waals surface area contributed by atoms with Crippen LogP contribution in [0.4, 0.5) is 0 Å². The second kappa shape index (κ2) is 118. The van der Waals surface area contributed by atoms with Crippen molar-refractivity contribution >= 4 is 0 Å². The molecular weight excluding hydrogens is 1800 g/mol. The van der Waals surface area contributed by atoms with Crippen LogP contribution in [0.15, 0.2) is 23.3 Å². The molecule has 0 aromatic carbocycles. The van der Waals surface area contributed by atoms with Crippen LogP contribution in [0.3, 0.4) is 0 Å². The molecule has 0 nitrogen and oxygen atoms in total. The lowest BCUT2D eigenvalue weighted by molar-refractivity contribution is 0.107. The first-order valence-electron chi connectivity index (χ1n) is 73.4. The summed E-state index contributed by atoms with van der Waals surface area (Å²) in [6, 6.07) is 0. The van der Waals surface area contributed by atoms with Gasteiger partial charge in [-0.15, -0.1) is 0 Å². The Balaban J connectivity index is 0.00000155. The van der Waals surface area contributed by atoms with E-state index in [1.165, 1.54) is 777 Å². The molecule has 2 aliphatic rings. The number of hydrogen-bond donors (Lipinski definition) is 0. The fourth-order valence-electron chi connectivity index (χ4n) is 29.0. The van der Waals surface area contributed by atoms with E-state index in [2.05, 4.69) is 115 Å². The quantitative estimate of drug-likeness (QED) is 0.0421. The van der Waals surface area contributed by atoms with Crippen LogP contribution < -0.4 is 0 Å². The van der Waals surface area contributed by atoms with Crippen LogP contribution in [0.2, 0.25) is 0 Å². The molecule has 150 heavy (non-hydrogen) atoms. The van der Waals surface area contributed by atoms with Crippen LogP contribution in [0.25, 0.3) is 0 Å². The standard InChI is InChI=1S/C85H168.C65H128/c1-9-17-25-33-41-45-53-61-69-80(65-57-49-37-29-21-13-5)75-84(76-81(66-58-50-38-30-22-14-6)70-62-54-46-42-34-26-18-10-2)73-74-85(79-84,77-82(67-59-51-39-31-23-15-7)71-63-55-47-43-35-27-19-11-3)78-83(68-60-52-40-32-24-16-8)72-64-56-48-44-36-28-20-12-4;1-7-13-19-25-31-34-40-45-51-60(49-43-37-28-22-16-10-4)57-63-55-56-64(58-61(50-44-38-29-23-17-11-5)52-46-41-35-32-26-20-14-8-2)65(63)59-62(53-47-39-30-24-18-12-6)54-48-42-36-33-27-21-15-9-3/h73-74,80-83H,9-72,75-79H2,1-8H3;60-63H,7-59H2,1-6H3. The molecule has 2 rings (SSSR count). The van der Waals surface area contributed by atoms with Crippen molar-refractivity contribution in [3.63, 3.8) is 0 Å². The van der Waals surface area contributed by atoms with Crippen molar-refractivity contribution in [3.8, 4) is 0 Å². The highest BCUT2D eigenvalue weighted by molar-refractivity contribution is 5.25. The van der Waals surface area contributed by atoms with Gasteiger partial charge >= 0.3 is 0 Å². The zero-order chi connectivity index (χ0) is 108. The average Bonchev–Trinajstić information content (AvgIpc) is 1.62. The molecule has 8 atom stereocenters. The van der Waals surface area contributed by atoms with Gasteiger partial charge in [0.2, 0.25) is 0 Å². The van der Waals surface area contributed by atoms with Crippen LogP contribution in [-0.4, -0.2) is 0 Å². The van der Waals surface area contributed by atoms with Gasteiger partial charge in [-0.05, 0) is 122 Å². The van der Waals surface area contributed by atoms with E-state index in [1.54, 1.807) is 6.42 Å². The summed E-state index contributed by atoms with van der Waals surface area (Å²) < 4.78 is 0. The maximum atomic E-state index is 3.13. The Bertz CT molecular complexity index is 2390. The molecule has 0 amide bonds. The zero-order valence-electron chi connectivity index (χ0n) is 108. The van der Waals surface area contributed by atoms with Crippen molar-refractivity contribution in [1.29, 1.82) is 0 Å². The summed E-state index contributed by atoms with van der Waals surface area (Å²) in [6.07, 6.45) is 186. The Labute approximate surface area is 955 Å². The number of allylic oxidation sites excluding steroid dienone is 4. The maximum Gasteiger partial charge on any atom is -0.0104 e. The molecule has 8 unspecified atom stereocenters. The van der Waals surface area contributed by atoms with E-state index in [0.29, 0.717) is 10.8 Å². The molecule has 0 fully saturated rings. The number of unbranched alkanes of at least 4 members (excludes halogenated alkanes) is 84. The first kappa shape index (κ1) is 147. The minimum absolute atomic E-state index is 0.395. The zero-order valence-corrected chi connectivity index (χ0v) is 108. The minimum atomic E-state index is 0.395. The highest BCUT2D eigenvalue weighted by atomic mass is 14.5. The summed E-state index contributed by atoms with van der Waals surface area (Å²) in [7, 11) is 0. The van der Waals surface area contributed by atoms with Crippen molar-refractivity contribution in [1.82, 2.24) is 0 Å². The lowest BCUT2D eigenvalue weighted by Crippen LogP contribution is -2.31. The third kappa shape index (κ3) is 94.0. The van der Waals surface area contributed by atoms with Gasteiger partial charge in [-0.25, -0.2) is 0 Å². The molecule has 0 saturated heterocycles. The molecule has 896 valence electrons. The van der Waals surface area contributed by atoms with Gasteiger partial charge in [-0.2, -0.15) is 0 Å². The monoisotopic (exact) mass is 2100 g/mol. The lowest BCUT2D eigenvalue weighted by Gasteiger charge is -2.42. The van der Waals surface area contributed by atoms with Gasteiger partial charge < -0.3 is 0 Å². The van der Waals surface area contributed by atoms with Crippen LogP contribution in [0, 0.1) is 58.2 Å². The van der Waals surface area contributed by atoms with Crippen molar-refractivity contribution in [3.05, 3.63) is 23.3 Å². The Morgan fingerprint density at radius 2 is 0.293 bits per heavy atom. The highest BCUT2D eigenvalue weighted by Gasteiger charge is 2.47. The molecule has 0 aromatic heterocycles. The maximum absolute atomic E-state index is 3.13. The summed E-state index contributed by atoms with van der Waals surface area (Å²) in [6.45, 7) is 33.4. The van der Waals surface area contributed by atoms with Gasteiger partial charge in [0.05, 0.1) is 0 Å². The van der Waals surface area contributed by atoms with Crippen molar-refractivity contribution < 1.29 is 0 Å². The predicted molar refractivity (Wildman–Crippen MR) is 692 cm³/mol. The van der Waals surface area contributed by atoms with E-state index in [4.69, 9.17) is 0 Å². The summed E-state index contributed by atoms with van der Waals surface area (Å²) >= 11 is 0. The van der Waals surface area contributed by atoms with E-state index in [0.717, 1.165) is 47.3 Å². The van der Waals surface area contributed by atoms with Crippen molar-refractivity contribution in [2.75, 3.05) is 0 Å².